The minimum Gasteiger partial charge on any atom is -0.323 e. The van der Waals surface area contributed by atoms with Crippen LogP contribution in [-0.4, -0.2) is 11.4 Å². The lowest BCUT2D eigenvalue weighted by molar-refractivity contribution is 0.991. The third-order valence-corrected chi connectivity index (χ3v) is 3.33. The quantitative estimate of drug-likeness (QED) is 0.654. The van der Waals surface area contributed by atoms with Crippen LogP contribution in [0.1, 0.15) is 17.5 Å². The molecular formula is C17H16N4. The average Bonchev–Trinajstić information content (AvgIpc) is 2.79. The first kappa shape index (κ1) is 13.1. The molecule has 4 heteroatoms. The van der Waals surface area contributed by atoms with Crippen molar-refractivity contribution in [2.45, 2.75) is 6.42 Å². The van der Waals surface area contributed by atoms with Gasteiger partial charge in [0.15, 0.2) is 0 Å². The van der Waals surface area contributed by atoms with Gasteiger partial charge in [-0.2, -0.15) is 10.2 Å². The van der Waals surface area contributed by atoms with Gasteiger partial charge in [-0.15, -0.1) is 0 Å². The predicted molar refractivity (Wildman–Crippen MR) is 86.8 cm³/mol. The Labute approximate surface area is 123 Å². The summed E-state index contributed by atoms with van der Waals surface area (Å²) in [6, 6.07) is 20.0. The van der Waals surface area contributed by atoms with E-state index in [9.17, 15) is 0 Å². The molecule has 3 rings (SSSR count). The van der Waals surface area contributed by atoms with Gasteiger partial charge in [0.05, 0.1) is 17.1 Å². The van der Waals surface area contributed by atoms with E-state index in [1.165, 1.54) is 0 Å². The van der Waals surface area contributed by atoms with Crippen LogP contribution in [-0.2, 0) is 0 Å². The summed E-state index contributed by atoms with van der Waals surface area (Å²) in [5, 5.41) is 8.39. The molecule has 3 N–H and O–H groups in total. The van der Waals surface area contributed by atoms with Crippen molar-refractivity contribution in [1.82, 2.24) is 5.43 Å². The van der Waals surface area contributed by atoms with Gasteiger partial charge in [-0.1, -0.05) is 60.7 Å². The van der Waals surface area contributed by atoms with E-state index in [1.807, 2.05) is 66.7 Å². The first-order chi connectivity index (χ1) is 10.4. The van der Waals surface area contributed by atoms with Crippen LogP contribution >= 0.6 is 0 Å². The molecule has 0 bridgehead atoms. The Hall–Kier alpha value is -2.88. The van der Waals surface area contributed by atoms with Crippen LogP contribution in [0.5, 0.6) is 0 Å². The lowest BCUT2D eigenvalue weighted by Gasteiger charge is -2.06. The van der Waals surface area contributed by atoms with Gasteiger partial charge < -0.3 is 5.84 Å². The van der Waals surface area contributed by atoms with Crippen molar-refractivity contribution in [3.05, 3.63) is 77.9 Å². The van der Waals surface area contributed by atoms with E-state index in [0.717, 1.165) is 28.2 Å². The first-order valence-corrected chi connectivity index (χ1v) is 6.78. The highest BCUT2D eigenvalue weighted by molar-refractivity contribution is 6.18. The molecule has 0 saturated heterocycles. The molecule has 0 saturated carbocycles. The smallest absolute Gasteiger partial charge is 0.0739 e. The van der Waals surface area contributed by atoms with E-state index < -0.39 is 0 Å². The Balaban J connectivity index is 1.96. The molecule has 0 aromatic heterocycles. The second-order valence-electron chi connectivity index (χ2n) is 4.76. The topological polar surface area (TPSA) is 62.8 Å². The van der Waals surface area contributed by atoms with E-state index in [2.05, 4.69) is 15.6 Å². The molecule has 21 heavy (non-hydrogen) atoms. The van der Waals surface area contributed by atoms with Crippen LogP contribution < -0.4 is 11.3 Å². The molecule has 0 aliphatic carbocycles. The molecular weight excluding hydrogens is 260 g/mol. The number of nitrogens with zero attached hydrogens (tertiary/aromatic N) is 2. The van der Waals surface area contributed by atoms with Gasteiger partial charge in [0.25, 0.3) is 0 Å². The van der Waals surface area contributed by atoms with Crippen molar-refractivity contribution in [2.75, 3.05) is 0 Å². The Kier molecular flexibility index (Phi) is 3.78. The summed E-state index contributed by atoms with van der Waals surface area (Å²) in [4.78, 5) is 0. The van der Waals surface area contributed by atoms with E-state index in [1.54, 1.807) is 0 Å². The molecule has 0 fully saturated rings. The van der Waals surface area contributed by atoms with E-state index in [4.69, 9.17) is 5.84 Å². The minimum absolute atomic E-state index is 0.601. The van der Waals surface area contributed by atoms with Gasteiger partial charge in [-0.25, -0.2) is 0 Å². The van der Waals surface area contributed by atoms with Gasteiger partial charge >= 0.3 is 0 Å². The molecule has 104 valence electrons. The maximum Gasteiger partial charge on any atom is 0.0739 e. The van der Waals surface area contributed by atoms with E-state index >= 15 is 0 Å². The number of nitrogens with two attached hydrogens (primary N) is 1. The summed E-state index contributed by atoms with van der Waals surface area (Å²) in [6.07, 6.45) is 2.54. The summed E-state index contributed by atoms with van der Waals surface area (Å²) in [5.41, 5.74) is 7.85. The van der Waals surface area contributed by atoms with E-state index in [0.29, 0.717) is 6.42 Å². The summed E-state index contributed by atoms with van der Waals surface area (Å²) < 4.78 is 0. The van der Waals surface area contributed by atoms with Gasteiger partial charge in [-0.05, 0) is 17.2 Å². The molecule has 2 aromatic carbocycles. The van der Waals surface area contributed by atoms with Gasteiger partial charge in [0.2, 0.25) is 0 Å². The van der Waals surface area contributed by atoms with Crippen molar-refractivity contribution in [1.29, 1.82) is 0 Å². The van der Waals surface area contributed by atoms with Crippen LogP contribution in [0.4, 0.5) is 0 Å². The zero-order valence-corrected chi connectivity index (χ0v) is 11.5. The van der Waals surface area contributed by atoms with Crippen molar-refractivity contribution < 1.29 is 0 Å². The Bertz CT molecular complexity index is 700. The molecule has 0 amide bonds. The summed E-state index contributed by atoms with van der Waals surface area (Å²) in [6.45, 7) is 0. The van der Waals surface area contributed by atoms with Crippen LogP contribution in [0.3, 0.4) is 0 Å². The highest BCUT2D eigenvalue weighted by atomic mass is 15.3. The fourth-order valence-corrected chi connectivity index (χ4v) is 2.23. The van der Waals surface area contributed by atoms with Gasteiger partial charge in [0, 0.05) is 6.42 Å². The second-order valence-corrected chi connectivity index (χ2v) is 4.76. The lowest BCUT2D eigenvalue weighted by atomic mass is 10.0. The SMILES string of the molecule is N/N=C1/C=C(c2ccccc2)NN=C(c2ccccc2)C1. The molecule has 1 aliphatic heterocycles. The van der Waals surface area contributed by atoms with Crippen molar-refractivity contribution in [3.8, 4) is 0 Å². The highest BCUT2D eigenvalue weighted by Crippen LogP contribution is 2.16. The molecule has 2 aromatic rings. The number of hydrazone groups is 2. The third-order valence-electron chi connectivity index (χ3n) is 3.33. The van der Waals surface area contributed by atoms with Crippen LogP contribution in [0.25, 0.3) is 5.70 Å². The zero-order chi connectivity index (χ0) is 14.5. The Morgan fingerprint density at radius 3 is 2.14 bits per heavy atom. The molecule has 4 nitrogen and oxygen atoms in total. The van der Waals surface area contributed by atoms with Gasteiger partial charge in [-0.3, -0.25) is 5.43 Å². The number of benzene rings is 2. The van der Waals surface area contributed by atoms with Crippen molar-refractivity contribution in [3.63, 3.8) is 0 Å². The molecule has 0 atom stereocenters. The summed E-state index contributed by atoms with van der Waals surface area (Å²) in [5.74, 6) is 5.51. The average molecular weight is 276 g/mol. The molecule has 0 spiro atoms. The number of rotatable bonds is 2. The summed E-state index contributed by atoms with van der Waals surface area (Å²) in [7, 11) is 0. The van der Waals surface area contributed by atoms with E-state index in [-0.39, 0.29) is 0 Å². The summed E-state index contributed by atoms with van der Waals surface area (Å²) >= 11 is 0. The second kappa shape index (κ2) is 6.05. The normalized spacial score (nSPS) is 16.7. The van der Waals surface area contributed by atoms with Crippen LogP contribution in [0.15, 0.2) is 76.9 Å². The molecule has 1 heterocycles. The number of hydrogen-bond donors (Lipinski definition) is 2. The maximum absolute atomic E-state index is 5.51. The number of allylic oxidation sites excluding steroid dienone is 1. The molecule has 1 aliphatic rings. The minimum atomic E-state index is 0.601. The Morgan fingerprint density at radius 2 is 1.52 bits per heavy atom. The number of nitrogens with one attached hydrogen (secondary N) is 1. The Morgan fingerprint density at radius 1 is 0.905 bits per heavy atom. The standard InChI is InChI=1S/C17H16N4/c18-19-15-11-16(13-7-3-1-4-8-13)20-21-17(12-15)14-9-5-2-6-10-14/h1-11,20H,12,18H2/b19-15-. The monoisotopic (exact) mass is 276 g/mol. The van der Waals surface area contributed by atoms with Gasteiger partial charge in [0.1, 0.15) is 0 Å². The highest BCUT2D eigenvalue weighted by Gasteiger charge is 2.13. The van der Waals surface area contributed by atoms with Crippen molar-refractivity contribution >= 4 is 17.1 Å². The predicted octanol–water partition coefficient (Wildman–Crippen LogP) is 2.74. The first-order valence-electron chi connectivity index (χ1n) is 6.78. The fraction of sp³-hybridized carbons (Fsp3) is 0.0588. The van der Waals surface area contributed by atoms with Crippen LogP contribution in [0.2, 0.25) is 0 Å². The third kappa shape index (κ3) is 3.00. The largest absolute Gasteiger partial charge is 0.323 e. The maximum atomic E-state index is 5.51. The number of hydrogen-bond acceptors (Lipinski definition) is 4. The lowest BCUT2D eigenvalue weighted by Crippen LogP contribution is -2.09. The van der Waals surface area contributed by atoms with Crippen LogP contribution in [0, 0.1) is 0 Å². The fourth-order valence-electron chi connectivity index (χ4n) is 2.23. The molecule has 0 radical (unpaired) electrons. The zero-order valence-electron chi connectivity index (χ0n) is 11.5. The van der Waals surface area contributed by atoms with Crippen molar-refractivity contribution in [2.24, 2.45) is 16.0 Å². The molecule has 0 unspecified atom stereocenters.